The molecule has 0 saturated heterocycles. The van der Waals surface area contributed by atoms with Crippen LogP contribution >= 0.6 is 12.2 Å². The molecule has 0 aliphatic heterocycles. The second-order valence-corrected chi connectivity index (χ2v) is 5.32. The van der Waals surface area contributed by atoms with Crippen molar-refractivity contribution in [3.05, 3.63) is 18.2 Å². The number of rotatable bonds is 5. The quantitative estimate of drug-likeness (QED) is 0.620. The van der Waals surface area contributed by atoms with E-state index in [0.717, 1.165) is 0 Å². The highest BCUT2D eigenvalue weighted by atomic mass is 32.2. The number of hydrogen-bond donors (Lipinski definition) is 3. The zero-order valence-corrected chi connectivity index (χ0v) is 9.73. The monoisotopic (exact) mass is 248 g/mol. The predicted molar refractivity (Wildman–Crippen MR) is 60.7 cm³/mol. The SMILES string of the molecule is CC(NS(=O)(=O)CC(N)=S)c1ncc[nH]1. The summed E-state index contributed by atoms with van der Waals surface area (Å²) < 4.78 is 25.3. The van der Waals surface area contributed by atoms with E-state index in [-0.39, 0.29) is 10.7 Å². The third kappa shape index (κ3) is 3.94. The highest BCUT2D eigenvalue weighted by molar-refractivity contribution is 7.92. The van der Waals surface area contributed by atoms with Crippen molar-refractivity contribution < 1.29 is 8.42 Å². The Labute approximate surface area is 93.3 Å². The smallest absolute Gasteiger partial charge is 0.218 e. The van der Waals surface area contributed by atoms with Crippen molar-refractivity contribution in [3.63, 3.8) is 0 Å². The highest BCUT2D eigenvalue weighted by Gasteiger charge is 2.17. The van der Waals surface area contributed by atoms with Gasteiger partial charge in [-0.15, -0.1) is 0 Å². The minimum atomic E-state index is -3.48. The Balaban J connectivity index is 2.66. The molecule has 6 nitrogen and oxygen atoms in total. The van der Waals surface area contributed by atoms with Gasteiger partial charge in [0.15, 0.2) is 0 Å². The van der Waals surface area contributed by atoms with E-state index in [1.54, 1.807) is 19.3 Å². The third-order valence-electron chi connectivity index (χ3n) is 1.62. The maximum atomic E-state index is 11.4. The number of nitrogens with one attached hydrogen (secondary N) is 2. The van der Waals surface area contributed by atoms with E-state index in [2.05, 4.69) is 26.9 Å². The van der Waals surface area contributed by atoms with E-state index in [1.807, 2.05) is 0 Å². The van der Waals surface area contributed by atoms with E-state index in [0.29, 0.717) is 5.82 Å². The van der Waals surface area contributed by atoms with Gasteiger partial charge in [0.05, 0.1) is 11.0 Å². The van der Waals surface area contributed by atoms with Crippen molar-refractivity contribution in [2.45, 2.75) is 13.0 Å². The second kappa shape index (κ2) is 4.69. The van der Waals surface area contributed by atoms with E-state index in [1.165, 1.54) is 0 Å². The first-order valence-electron chi connectivity index (χ1n) is 4.18. The molecule has 0 aliphatic rings. The molecule has 0 radical (unpaired) electrons. The van der Waals surface area contributed by atoms with Crippen LogP contribution in [0, 0.1) is 0 Å². The maximum Gasteiger partial charge on any atom is 0.218 e. The topological polar surface area (TPSA) is 101 Å². The predicted octanol–water partition coefficient (Wildman–Crippen LogP) is -0.324. The fourth-order valence-corrected chi connectivity index (χ4v) is 2.64. The average Bonchev–Trinajstić information content (AvgIpc) is 2.50. The molecule has 1 unspecified atom stereocenters. The fourth-order valence-electron chi connectivity index (χ4n) is 1.07. The van der Waals surface area contributed by atoms with E-state index >= 15 is 0 Å². The number of nitrogens with two attached hydrogens (primary N) is 1. The molecule has 4 N–H and O–H groups in total. The minimum absolute atomic E-state index is 0.0610. The molecule has 84 valence electrons. The van der Waals surface area contributed by atoms with Crippen LogP contribution in [0.4, 0.5) is 0 Å². The number of aromatic amines is 1. The molecule has 1 rings (SSSR count). The van der Waals surface area contributed by atoms with Gasteiger partial charge in [0.25, 0.3) is 0 Å². The number of nitrogens with zero attached hydrogens (tertiary/aromatic N) is 1. The molecule has 0 spiro atoms. The highest BCUT2D eigenvalue weighted by Crippen LogP contribution is 2.06. The van der Waals surface area contributed by atoms with Crippen molar-refractivity contribution in [1.29, 1.82) is 0 Å². The first-order valence-corrected chi connectivity index (χ1v) is 6.24. The van der Waals surface area contributed by atoms with E-state index in [4.69, 9.17) is 5.73 Å². The number of sulfonamides is 1. The Hall–Kier alpha value is -0.990. The van der Waals surface area contributed by atoms with Crippen LogP contribution in [0.3, 0.4) is 0 Å². The van der Waals surface area contributed by atoms with Crippen LogP contribution in [0.15, 0.2) is 12.4 Å². The van der Waals surface area contributed by atoms with Gasteiger partial charge in [0.1, 0.15) is 11.6 Å². The zero-order valence-electron chi connectivity index (χ0n) is 8.10. The van der Waals surface area contributed by atoms with Crippen LogP contribution in [-0.4, -0.2) is 29.1 Å². The van der Waals surface area contributed by atoms with Gasteiger partial charge in [-0.2, -0.15) is 0 Å². The molecule has 15 heavy (non-hydrogen) atoms. The maximum absolute atomic E-state index is 11.4. The van der Waals surface area contributed by atoms with Gasteiger partial charge in [-0.1, -0.05) is 12.2 Å². The Kier molecular flexibility index (Phi) is 3.77. The summed E-state index contributed by atoms with van der Waals surface area (Å²) >= 11 is 4.53. The summed E-state index contributed by atoms with van der Waals surface area (Å²) in [4.78, 5) is 6.68. The standard InChI is InChI=1S/C7H12N4O2S2/c1-5(7-9-2-3-10-7)11-15(12,13)4-6(8)14/h2-3,5,11H,4H2,1H3,(H2,8,14)(H,9,10). The Morgan fingerprint density at radius 2 is 2.47 bits per heavy atom. The normalized spacial score (nSPS) is 13.7. The van der Waals surface area contributed by atoms with Gasteiger partial charge in [-0.3, -0.25) is 0 Å². The van der Waals surface area contributed by atoms with Crippen LogP contribution in [-0.2, 0) is 10.0 Å². The second-order valence-electron chi connectivity index (χ2n) is 3.04. The molecular weight excluding hydrogens is 236 g/mol. The molecule has 1 aromatic rings. The molecule has 0 aliphatic carbocycles. The van der Waals surface area contributed by atoms with Crippen molar-refractivity contribution in [3.8, 4) is 0 Å². The molecule has 1 aromatic heterocycles. The largest absolute Gasteiger partial charge is 0.392 e. The average molecular weight is 248 g/mol. The van der Waals surface area contributed by atoms with Gasteiger partial charge < -0.3 is 10.7 Å². The molecule has 8 heteroatoms. The third-order valence-corrected chi connectivity index (χ3v) is 3.35. The Bertz CT molecular complexity index is 426. The van der Waals surface area contributed by atoms with Gasteiger partial charge in [0.2, 0.25) is 10.0 Å². The van der Waals surface area contributed by atoms with E-state index in [9.17, 15) is 8.42 Å². The fraction of sp³-hybridized carbons (Fsp3) is 0.429. The molecule has 0 bridgehead atoms. The van der Waals surface area contributed by atoms with Crippen molar-refractivity contribution in [1.82, 2.24) is 14.7 Å². The zero-order chi connectivity index (χ0) is 11.5. The summed E-state index contributed by atoms with van der Waals surface area (Å²) in [5.74, 6) is 0.189. The van der Waals surface area contributed by atoms with Crippen LogP contribution in [0.2, 0.25) is 0 Å². The Morgan fingerprint density at radius 3 is 2.93 bits per heavy atom. The first-order chi connectivity index (χ1) is 6.91. The van der Waals surface area contributed by atoms with Crippen LogP contribution in [0.25, 0.3) is 0 Å². The van der Waals surface area contributed by atoms with Crippen LogP contribution in [0.1, 0.15) is 18.8 Å². The molecule has 0 amide bonds. The summed E-state index contributed by atoms with van der Waals surface area (Å²) in [5.41, 5.74) is 5.16. The van der Waals surface area contributed by atoms with Crippen molar-refractivity contribution in [2.24, 2.45) is 5.73 Å². The lowest BCUT2D eigenvalue weighted by Crippen LogP contribution is -2.34. The molecule has 0 saturated carbocycles. The van der Waals surface area contributed by atoms with Gasteiger partial charge >= 0.3 is 0 Å². The summed E-state index contributed by atoms with van der Waals surface area (Å²) in [6, 6.07) is -0.431. The van der Waals surface area contributed by atoms with Crippen molar-refractivity contribution in [2.75, 3.05) is 5.75 Å². The number of hydrogen-bond acceptors (Lipinski definition) is 4. The summed E-state index contributed by atoms with van der Waals surface area (Å²) in [7, 11) is -3.48. The molecule has 0 fully saturated rings. The molecule has 0 aromatic carbocycles. The minimum Gasteiger partial charge on any atom is -0.392 e. The number of H-pyrrole nitrogens is 1. The molecular formula is C7H12N4O2S2. The first kappa shape index (κ1) is 12.1. The summed E-state index contributed by atoms with van der Waals surface area (Å²) in [5, 5.41) is 0. The summed E-state index contributed by atoms with van der Waals surface area (Å²) in [6.07, 6.45) is 3.17. The number of aromatic nitrogens is 2. The van der Waals surface area contributed by atoms with Crippen LogP contribution in [0.5, 0.6) is 0 Å². The number of imidazole rings is 1. The van der Waals surface area contributed by atoms with Gasteiger partial charge in [-0.05, 0) is 6.92 Å². The van der Waals surface area contributed by atoms with Gasteiger partial charge in [0, 0.05) is 12.4 Å². The van der Waals surface area contributed by atoms with Gasteiger partial charge in [-0.25, -0.2) is 18.1 Å². The lowest BCUT2D eigenvalue weighted by atomic mass is 10.3. The summed E-state index contributed by atoms with van der Waals surface area (Å²) in [6.45, 7) is 1.68. The molecule has 1 atom stereocenters. The Morgan fingerprint density at radius 1 is 1.80 bits per heavy atom. The van der Waals surface area contributed by atoms with E-state index < -0.39 is 16.1 Å². The van der Waals surface area contributed by atoms with Crippen LogP contribution < -0.4 is 10.5 Å². The number of thiocarbonyl (C=S) groups is 1. The lowest BCUT2D eigenvalue weighted by Gasteiger charge is -2.11. The lowest BCUT2D eigenvalue weighted by molar-refractivity contribution is 0.565. The molecule has 1 heterocycles. The van der Waals surface area contributed by atoms with Crippen molar-refractivity contribution >= 4 is 27.2 Å².